The number of amides is 3. The van der Waals surface area contributed by atoms with Gasteiger partial charge >= 0.3 is 5.97 Å². The third kappa shape index (κ3) is 11.7. The lowest BCUT2D eigenvalue weighted by Gasteiger charge is -2.49. The molecule has 1 aromatic carbocycles. The van der Waals surface area contributed by atoms with Crippen molar-refractivity contribution < 1.29 is 51.0 Å². The van der Waals surface area contributed by atoms with E-state index >= 15 is 0 Å². The minimum absolute atomic E-state index is 0.00875. The fourth-order valence-electron chi connectivity index (χ4n) is 6.29. The number of morpholine rings is 1. The number of thioether (sulfide) groups is 3. The molecule has 0 bridgehead atoms. The van der Waals surface area contributed by atoms with Gasteiger partial charge in [-0.25, -0.2) is 4.79 Å². The first kappa shape index (κ1) is 41.6. The van der Waals surface area contributed by atoms with Crippen LogP contribution < -0.4 is 15.2 Å². The van der Waals surface area contributed by atoms with E-state index in [9.17, 15) is 32.7 Å². The van der Waals surface area contributed by atoms with E-state index in [1.165, 1.54) is 40.2 Å². The van der Waals surface area contributed by atoms with Crippen LogP contribution in [-0.2, 0) is 40.6 Å². The Balaban J connectivity index is 1.06. The smallest absolute Gasteiger partial charge is 0.352 e. The number of benzene rings is 1. The molecule has 2 saturated heterocycles. The highest BCUT2D eigenvalue weighted by atomic mass is 35.5. The topological polar surface area (TPSA) is 183 Å². The normalized spacial score (nSPS) is 19.7. The SMILES string of the molecule is O=C(C[n+]1ccc(SCC2=C(C(=O)O)N3C(=O)C(NC(=O)CSc4cc(Cl)ccc4Cl)C3SC2)cc1)NCCC[N+]1(CCCS(=O)(=O)O)CCOCC1. The van der Waals surface area contributed by atoms with Crippen LogP contribution in [0.2, 0.25) is 10.0 Å². The van der Waals surface area contributed by atoms with Gasteiger partial charge in [0.05, 0.1) is 42.8 Å². The molecule has 1 aromatic heterocycles. The average molecular weight is 851 g/mol. The van der Waals surface area contributed by atoms with Crippen molar-refractivity contribution in [3.05, 3.63) is 64.0 Å². The summed E-state index contributed by atoms with van der Waals surface area (Å²) in [5.41, 5.74) is 0.544. The second-order valence-electron chi connectivity index (χ2n) is 12.8. The quantitative estimate of drug-likeness (QED) is 0.0431. The molecule has 3 amide bonds. The zero-order chi connectivity index (χ0) is 38.2. The molecule has 5 rings (SSSR count). The molecule has 0 saturated carbocycles. The van der Waals surface area contributed by atoms with Gasteiger partial charge in [-0.15, -0.1) is 35.3 Å². The molecule has 0 aliphatic carbocycles. The largest absolute Gasteiger partial charge is 0.477 e. The standard InChI is InChI=1S/C33H39Cl2N5O9S4/c34-23-3-4-25(35)26(17-23)51-21-28(42)37-29-31(43)39-30(33(44)45)22(20-52-32(29)39)19-50-24-5-8-38(9-6-24)18-27(41)36-7-1-10-40(12-14-49-15-13-40)11-2-16-53(46,47)48/h3-6,8-9,17,29,32H,1-2,7,10-16,18-21H2,(H2-2,36,37,41,42,44,45,46,47,48)/p+2. The first-order valence-electron chi connectivity index (χ1n) is 16.8. The lowest BCUT2D eigenvalue weighted by molar-refractivity contribution is -0.935. The van der Waals surface area contributed by atoms with Crippen LogP contribution in [0.5, 0.6) is 0 Å². The molecule has 2 aromatic rings. The summed E-state index contributed by atoms with van der Waals surface area (Å²) in [6.45, 7) is 4.65. The van der Waals surface area contributed by atoms with Crippen LogP contribution in [0.15, 0.2) is 63.8 Å². The van der Waals surface area contributed by atoms with Crippen LogP contribution in [0.3, 0.4) is 0 Å². The molecule has 0 radical (unpaired) electrons. The number of hydrogen-bond donors (Lipinski definition) is 4. The highest BCUT2D eigenvalue weighted by Crippen LogP contribution is 2.41. The lowest BCUT2D eigenvalue weighted by atomic mass is 10.0. The van der Waals surface area contributed by atoms with E-state index in [-0.39, 0.29) is 35.6 Å². The maximum absolute atomic E-state index is 13.1. The number of hydrogen-bond acceptors (Lipinski definition) is 10. The molecular formula is C33H41Cl2N5O9S4+2. The third-order valence-electron chi connectivity index (χ3n) is 9.00. The Hall–Kier alpha value is -2.55. The van der Waals surface area contributed by atoms with Crippen LogP contribution in [0.4, 0.5) is 0 Å². The zero-order valence-corrected chi connectivity index (χ0v) is 33.4. The van der Waals surface area contributed by atoms with Crippen molar-refractivity contribution in [2.75, 3.05) is 68.9 Å². The number of fused-ring (bicyclic) bond motifs is 1. The highest BCUT2D eigenvalue weighted by molar-refractivity contribution is 8.01. The highest BCUT2D eigenvalue weighted by Gasteiger charge is 2.54. The van der Waals surface area contributed by atoms with E-state index in [1.54, 1.807) is 35.2 Å². The number of quaternary nitrogens is 1. The molecule has 288 valence electrons. The molecule has 2 unspecified atom stereocenters. The number of nitrogens with one attached hydrogen (secondary N) is 2. The molecule has 2 fully saturated rings. The van der Waals surface area contributed by atoms with Gasteiger partial charge in [0.25, 0.3) is 21.9 Å². The van der Waals surface area contributed by atoms with Crippen LogP contribution >= 0.6 is 58.5 Å². The van der Waals surface area contributed by atoms with Crippen molar-refractivity contribution in [1.29, 1.82) is 0 Å². The summed E-state index contributed by atoms with van der Waals surface area (Å²) >= 11 is 16.2. The van der Waals surface area contributed by atoms with Crippen molar-refractivity contribution in [3.63, 3.8) is 0 Å². The van der Waals surface area contributed by atoms with Gasteiger partial charge in [0.15, 0.2) is 12.4 Å². The number of rotatable bonds is 18. The van der Waals surface area contributed by atoms with Crippen molar-refractivity contribution in [2.24, 2.45) is 0 Å². The van der Waals surface area contributed by atoms with Gasteiger partial charge in [-0.05, 0) is 23.8 Å². The zero-order valence-electron chi connectivity index (χ0n) is 28.6. The summed E-state index contributed by atoms with van der Waals surface area (Å²) in [5, 5.41) is 16.1. The Kier molecular flexibility index (Phi) is 14.8. The van der Waals surface area contributed by atoms with E-state index in [1.807, 2.05) is 12.1 Å². The van der Waals surface area contributed by atoms with Crippen molar-refractivity contribution in [3.8, 4) is 0 Å². The van der Waals surface area contributed by atoms with Crippen LogP contribution in [0.1, 0.15) is 12.8 Å². The van der Waals surface area contributed by atoms with Gasteiger partial charge in [-0.2, -0.15) is 13.0 Å². The molecule has 4 heterocycles. The number of carboxylic acids is 1. The number of halogens is 2. The van der Waals surface area contributed by atoms with Gasteiger partial charge in [0, 0.05) is 57.8 Å². The number of ether oxygens (including phenoxy) is 1. The second kappa shape index (κ2) is 18.9. The molecule has 14 nitrogen and oxygen atoms in total. The maximum atomic E-state index is 13.1. The molecule has 3 aliphatic heterocycles. The van der Waals surface area contributed by atoms with Crippen molar-refractivity contribution >= 4 is 92.3 Å². The Morgan fingerprint density at radius 2 is 1.77 bits per heavy atom. The summed E-state index contributed by atoms with van der Waals surface area (Å²) in [5.74, 6) is -1.75. The minimum atomic E-state index is -4.01. The van der Waals surface area contributed by atoms with Gasteiger partial charge in [0.2, 0.25) is 12.5 Å². The van der Waals surface area contributed by atoms with E-state index in [2.05, 4.69) is 10.6 Å². The van der Waals surface area contributed by atoms with Crippen molar-refractivity contribution in [2.45, 2.75) is 40.6 Å². The number of carbonyl (C=O) groups excluding carboxylic acids is 3. The monoisotopic (exact) mass is 849 g/mol. The molecule has 0 spiro atoms. The van der Waals surface area contributed by atoms with E-state index in [0.29, 0.717) is 75.6 Å². The van der Waals surface area contributed by atoms with E-state index in [4.69, 9.17) is 32.5 Å². The Bertz CT molecular complexity index is 1830. The average Bonchev–Trinajstić information content (AvgIpc) is 3.12. The van der Waals surface area contributed by atoms with Crippen LogP contribution in [0, 0.1) is 0 Å². The Morgan fingerprint density at radius 3 is 2.47 bits per heavy atom. The van der Waals surface area contributed by atoms with Gasteiger partial charge in [-0.1, -0.05) is 23.2 Å². The number of pyridine rings is 1. The van der Waals surface area contributed by atoms with Crippen LogP contribution in [0.25, 0.3) is 0 Å². The fourth-order valence-corrected chi connectivity index (χ4v) is 10.5. The molecule has 3 aliphatic rings. The number of carbonyl (C=O) groups is 4. The van der Waals surface area contributed by atoms with Crippen LogP contribution in [-0.4, -0.2) is 132 Å². The number of carboxylic acid groups (broad SMARTS) is 1. The third-order valence-corrected chi connectivity index (χ3v) is 14.0. The molecule has 4 N–H and O–H groups in total. The first-order valence-corrected chi connectivity index (χ1v) is 22.2. The van der Waals surface area contributed by atoms with Crippen molar-refractivity contribution in [1.82, 2.24) is 15.5 Å². The fraction of sp³-hybridized carbons (Fsp3) is 0.485. The lowest BCUT2D eigenvalue weighted by Crippen LogP contribution is -2.70. The minimum Gasteiger partial charge on any atom is -0.477 e. The number of aliphatic carboxylic acids is 1. The molecule has 20 heteroatoms. The summed E-state index contributed by atoms with van der Waals surface area (Å²) in [6.07, 6.45) is 4.61. The molecule has 2 atom stereocenters. The summed E-state index contributed by atoms with van der Waals surface area (Å²) in [6, 6.07) is 7.79. The first-order chi connectivity index (χ1) is 25.2. The summed E-state index contributed by atoms with van der Waals surface area (Å²) in [7, 11) is -4.01. The summed E-state index contributed by atoms with van der Waals surface area (Å²) < 4.78 is 39.3. The van der Waals surface area contributed by atoms with E-state index in [0.717, 1.165) is 24.5 Å². The predicted molar refractivity (Wildman–Crippen MR) is 203 cm³/mol. The molecular weight excluding hydrogens is 810 g/mol. The number of aromatic nitrogens is 1. The van der Waals surface area contributed by atoms with E-state index < -0.39 is 33.4 Å². The Morgan fingerprint density at radius 1 is 1.06 bits per heavy atom. The van der Waals surface area contributed by atoms with Gasteiger partial charge in [-0.3, -0.25) is 23.8 Å². The maximum Gasteiger partial charge on any atom is 0.352 e. The Labute approximate surface area is 330 Å². The molecule has 53 heavy (non-hydrogen) atoms. The number of nitrogens with zero attached hydrogens (tertiary/aromatic N) is 3. The predicted octanol–water partition coefficient (Wildman–Crippen LogP) is 2.54. The second-order valence-corrected chi connectivity index (χ2v) is 18.3. The number of β-lactam (4-membered cyclic amide) rings is 1. The summed E-state index contributed by atoms with van der Waals surface area (Å²) in [4.78, 5) is 53.5. The van der Waals surface area contributed by atoms with Gasteiger partial charge < -0.3 is 25.0 Å². The van der Waals surface area contributed by atoms with Gasteiger partial charge in [0.1, 0.15) is 30.2 Å².